The van der Waals surface area contributed by atoms with Crippen LogP contribution in [0.4, 0.5) is 18.9 Å². The molecule has 0 spiro atoms. The maximum Gasteiger partial charge on any atom is 0.418 e. The van der Waals surface area contributed by atoms with Crippen LogP contribution >= 0.6 is 11.6 Å². The summed E-state index contributed by atoms with van der Waals surface area (Å²) in [5, 5.41) is -0.138. The van der Waals surface area contributed by atoms with Crippen LogP contribution < -0.4 is 5.73 Å². The second-order valence-corrected chi connectivity index (χ2v) is 7.57. The Hall–Kier alpha value is -1.47. The minimum absolute atomic E-state index is 0.0382. The van der Waals surface area contributed by atoms with E-state index in [1.807, 2.05) is 14.1 Å². The molecule has 146 valence electrons. The molecule has 0 bridgehead atoms. The van der Waals surface area contributed by atoms with Crippen molar-refractivity contribution in [2.24, 2.45) is 5.92 Å². The van der Waals surface area contributed by atoms with Crippen LogP contribution in [0.5, 0.6) is 0 Å². The van der Waals surface area contributed by atoms with Gasteiger partial charge in [0.1, 0.15) is 0 Å². The molecule has 1 atom stereocenters. The molecule has 1 saturated heterocycles. The number of nitrogens with zero attached hydrogens (tertiary/aromatic N) is 2. The zero-order chi connectivity index (χ0) is 19.6. The Balaban J connectivity index is 2.07. The number of rotatable bonds is 4. The minimum Gasteiger partial charge on any atom is -0.397 e. The lowest BCUT2D eigenvalue weighted by molar-refractivity contribution is -0.137. The highest BCUT2D eigenvalue weighted by Gasteiger charge is 2.34. The lowest BCUT2D eigenvalue weighted by Crippen LogP contribution is -2.46. The number of anilines is 1. The van der Waals surface area contributed by atoms with E-state index in [2.05, 4.69) is 4.90 Å². The Bertz CT molecular complexity index is 656. The van der Waals surface area contributed by atoms with Crippen molar-refractivity contribution in [3.8, 4) is 0 Å². The van der Waals surface area contributed by atoms with Crippen molar-refractivity contribution in [2.75, 3.05) is 32.9 Å². The molecule has 8 heteroatoms. The van der Waals surface area contributed by atoms with E-state index in [-0.39, 0.29) is 17.4 Å². The van der Waals surface area contributed by atoms with Gasteiger partial charge in [0.25, 0.3) is 0 Å². The largest absolute Gasteiger partial charge is 0.418 e. The molecule has 26 heavy (non-hydrogen) atoms. The molecule has 2 rings (SSSR count). The summed E-state index contributed by atoms with van der Waals surface area (Å²) >= 11 is 5.86. The summed E-state index contributed by atoms with van der Waals surface area (Å²) < 4.78 is 39.2. The third kappa shape index (κ3) is 4.82. The standard InChI is InChI=1S/C18H25ClF3N3O/c1-11(17(26)25-6-4-13(5-7-25)24(2)3)8-12-9-14(18(20,21)22)16(23)15(19)10-12/h9-11,13H,4-8,23H2,1-3H3/t11-/m1/s1. The molecule has 1 aromatic rings. The van der Waals surface area contributed by atoms with E-state index < -0.39 is 23.3 Å². The molecule has 1 aromatic carbocycles. The summed E-state index contributed by atoms with van der Waals surface area (Å²) in [7, 11) is 4.04. The van der Waals surface area contributed by atoms with E-state index in [4.69, 9.17) is 17.3 Å². The number of hydrogen-bond acceptors (Lipinski definition) is 3. The maximum absolute atomic E-state index is 13.1. The molecule has 1 fully saturated rings. The monoisotopic (exact) mass is 391 g/mol. The fourth-order valence-electron chi connectivity index (χ4n) is 3.38. The molecule has 1 aliphatic heterocycles. The van der Waals surface area contributed by atoms with Gasteiger partial charge in [0.15, 0.2) is 0 Å². The first-order valence-corrected chi connectivity index (χ1v) is 8.98. The molecule has 0 aliphatic carbocycles. The summed E-state index contributed by atoms with van der Waals surface area (Å²) in [6.45, 7) is 3.07. The third-order valence-corrected chi connectivity index (χ3v) is 5.28. The van der Waals surface area contributed by atoms with Crippen LogP contribution in [0.25, 0.3) is 0 Å². The fraction of sp³-hybridized carbons (Fsp3) is 0.611. The summed E-state index contributed by atoms with van der Waals surface area (Å²) in [4.78, 5) is 16.6. The zero-order valence-electron chi connectivity index (χ0n) is 15.2. The van der Waals surface area contributed by atoms with Crippen LogP contribution in [0.2, 0.25) is 5.02 Å². The summed E-state index contributed by atoms with van der Waals surface area (Å²) in [5.41, 5.74) is 4.38. The highest BCUT2D eigenvalue weighted by atomic mass is 35.5. The molecule has 0 unspecified atom stereocenters. The van der Waals surface area contributed by atoms with Gasteiger partial charge in [-0.3, -0.25) is 4.79 Å². The van der Waals surface area contributed by atoms with Gasteiger partial charge in [-0.25, -0.2) is 0 Å². The highest BCUT2D eigenvalue weighted by Crippen LogP contribution is 2.38. The van der Waals surface area contributed by atoms with Gasteiger partial charge in [0.05, 0.1) is 16.3 Å². The molecule has 0 radical (unpaired) electrons. The Kier molecular flexibility index (Phi) is 6.45. The SMILES string of the molecule is C[C@H](Cc1cc(Cl)c(N)c(C(F)(F)F)c1)C(=O)N1CCC(N(C)C)CC1. The summed E-state index contributed by atoms with van der Waals surface area (Å²) in [5.74, 6) is -0.463. The molecule has 1 amide bonds. The molecule has 2 N–H and O–H groups in total. The van der Waals surface area contributed by atoms with Crippen LogP contribution in [0.1, 0.15) is 30.9 Å². The summed E-state index contributed by atoms with van der Waals surface area (Å²) in [6.07, 6.45) is -2.59. The maximum atomic E-state index is 13.1. The lowest BCUT2D eigenvalue weighted by atomic mass is 9.96. The molecule has 4 nitrogen and oxygen atoms in total. The number of halogens is 4. The number of carbonyl (C=O) groups excluding carboxylic acids is 1. The quantitative estimate of drug-likeness (QED) is 0.797. The zero-order valence-corrected chi connectivity index (χ0v) is 16.0. The van der Waals surface area contributed by atoms with E-state index in [0.29, 0.717) is 24.7 Å². The van der Waals surface area contributed by atoms with Gasteiger partial charge in [-0.05, 0) is 51.1 Å². The van der Waals surface area contributed by atoms with Gasteiger partial charge in [0, 0.05) is 25.0 Å². The van der Waals surface area contributed by atoms with E-state index in [1.54, 1.807) is 11.8 Å². The van der Waals surface area contributed by atoms with Gasteiger partial charge in [-0.1, -0.05) is 18.5 Å². The van der Waals surface area contributed by atoms with Crippen molar-refractivity contribution in [1.82, 2.24) is 9.80 Å². The van der Waals surface area contributed by atoms with Crippen LogP contribution in [0, 0.1) is 5.92 Å². The van der Waals surface area contributed by atoms with Crippen molar-refractivity contribution in [3.05, 3.63) is 28.3 Å². The first kappa shape index (κ1) is 20.8. The predicted octanol–water partition coefficient (Wildman–Crippen LogP) is 3.67. The molecule has 1 heterocycles. The number of alkyl halides is 3. The predicted molar refractivity (Wildman–Crippen MR) is 97.0 cm³/mol. The topological polar surface area (TPSA) is 49.6 Å². The number of amides is 1. The number of hydrogen-bond donors (Lipinski definition) is 1. The number of benzene rings is 1. The molecule has 0 aromatic heterocycles. The van der Waals surface area contributed by atoms with Crippen LogP contribution in [0.3, 0.4) is 0 Å². The number of nitrogen functional groups attached to an aromatic ring is 1. The number of piperidine rings is 1. The van der Waals surface area contributed by atoms with Crippen LogP contribution in [0.15, 0.2) is 12.1 Å². The van der Waals surface area contributed by atoms with E-state index in [9.17, 15) is 18.0 Å². The fourth-order valence-corrected chi connectivity index (χ4v) is 3.62. The van der Waals surface area contributed by atoms with Gasteiger partial charge >= 0.3 is 6.18 Å². The molecule has 0 saturated carbocycles. The number of likely N-dealkylation sites (tertiary alicyclic amines) is 1. The normalized spacial score (nSPS) is 17.6. The van der Waals surface area contributed by atoms with Gasteiger partial charge in [-0.2, -0.15) is 13.2 Å². The van der Waals surface area contributed by atoms with E-state index in [0.717, 1.165) is 18.9 Å². The number of carbonyl (C=O) groups is 1. The third-order valence-electron chi connectivity index (χ3n) is 4.96. The van der Waals surface area contributed by atoms with Gasteiger partial charge in [-0.15, -0.1) is 0 Å². The van der Waals surface area contributed by atoms with Gasteiger partial charge < -0.3 is 15.5 Å². The highest BCUT2D eigenvalue weighted by molar-refractivity contribution is 6.33. The van der Waals surface area contributed by atoms with Crippen molar-refractivity contribution < 1.29 is 18.0 Å². The van der Waals surface area contributed by atoms with E-state index in [1.165, 1.54) is 6.07 Å². The molecular weight excluding hydrogens is 367 g/mol. The smallest absolute Gasteiger partial charge is 0.397 e. The van der Waals surface area contributed by atoms with Crippen LogP contribution in [-0.2, 0) is 17.4 Å². The molecule has 1 aliphatic rings. The molecular formula is C18H25ClF3N3O. The first-order valence-electron chi connectivity index (χ1n) is 8.61. The average Bonchev–Trinajstić information content (AvgIpc) is 2.56. The Morgan fingerprint density at radius 2 is 1.92 bits per heavy atom. The minimum atomic E-state index is -4.58. The van der Waals surface area contributed by atoms with Crippen LogP contribution in [-0.4, -0.2) is 48.9 Å². The lowest BCUT2D eigenvalue weighted by Gasteiger charge is -2.36. The van der Waals surface area contributed by atoms with Gasteiger partial charge in [0.2, 0.25) is 5.91 Å². The average molecular weight is 392 g/mol. The number of nitrogens with two attached hydrogens (primary N) is 1. The second-order valence-electron chi connectivity index (χ2n) is 7.16. The van der Waals surface area contributed by atoms with Crippen molar-refractivity contribution >= 4 is 23.2 Å². The Morgan fingerprint density at radius 1 is 1.35 bits per heavy atom. The van der Waals surface area contributed by atoms with Crippen molar-refractivity contribution in [2.45, 2.75) is 38.4 Å². The first-order chi connectivity index (χ1) is 12.0. The van der Waals surface area contributed by atoms with Crippen molar-refractivity contribution in [1.29, 1.82) is 0 Å². The Morgan fingerprint density at radius 3 is 2.42 bits per heavy atom. The van der Waals surface area contributed by atoms with E-state index >= 15 is 0 Å². The second kappa shape index (κ2) is 8.05. The Labute approximate surface area is 157 Å². The summed E-state index contributed by atoms with van der Waals surface area (Å²) in [6, 6.07) is 2.86. The van der Waals surface area contributed by atoms with Crippen molar-refractivity contribution in [3.63, 3.8) is 0 Å².